The van der Waals surface area contributed by atoms with Crippen molar-refractivity contribution in [1.29, 1.82) is 0 Å². The lowest BCUT2D eigenvalue weighted by atomic mass is 10.2. The van der Waals surface area contributed by atoms with Gasteiger partial charge in [0.25, 0.3) is 0 Å². The van der Waals surface area contributed by atoms with Crippen LogP contribution in [-0.2, 0) is 4.79 Å². The Labute approximate surface area is 104 Å². The van der Waals surface area contributed by atoms with Crippen LogP contribution in [0.25, 0.3) is 0 Å². The molecular formula is C10H14ClN3OS. The summed E-state index contributed by atoms with van der Waals surface area (Å²) in [6.45, 7) is 1.81. The lowest BCUT2D eigenvalue weighted by Gasteiger charge is -2.10. The van der Waals surface area contributed by atoms with Crippen molar-refractivity contribution in [2.75, 3.05) is 11.5 Å². The lowest BCUT2D eigenvalue weighted by molar-refractivity contribution is -0.123. The molecule has 1 amide bonds. The van der Waals surface area contributed by atoms with E-state index < -0.39 is 0 Å². The largest absolute Gasteiger partial charge is 0.398 e. The van der Waals surface area contributed by atoms with Crippen LogP contribution in [0.1, 0.15) is 6.92 Å². The second-order valence-electron chi connectivity index (χ2n) is 3.40. The van der Waals surface area contributed by atoms with Crippen molar-refractivity contribution in [1.82, 2.24) is 5.43 Å². The average Bonchev–Trinajstić information content (AvgIpc) is 2.26. The van der Waals surface area contributed by atoms with Gasteiger partial charge in [0.2, 0.25) is 5.91 Å². The second kappa shape index (κ2) is 5.98. The third kappa shape index (κ3) is 3.59. The first-order valence-corrected chi connectivity index (χ1v) is 6.09. The Balaban J connectivity index is 2.58. The number of nitrogen functional groups attached to an aromatic ring is 1. The minimum absolute atomic E-state index is 0.162. The molecule has 0 radical (unpaired) electrons. The summed E-state index contributed by atoms with van der Waals surface area (Å²) in [5.41, 5.74) is 8.53. The first kappa shape index (κ1) is 13.2. The zero-order chi connectivity index (χ0) is 12.1. The smallest absolute Gasteiger partial charge is 0.237 e. The third-order valence-corrected chi connectivity index (χ3v) is 3.64. The van der Waals surface area contributed by atoms with Gasteiger partial charge in [-0.25, -0.2) is 5.84 Å². The zero-order valence-corrected chi connectivity index (χ0v) is 10.4. The number of amides is 1. The topological polar surface area (TPSA) is 81.1 Å². The van der Waals surface area contributed by atoms with E-state index in [1.54, 1.807) is 19.1 Å². The number of benzene rings is 1. The average molecular weight is 260 g/mol. The number of hydrogen-bond donors (Lipinski definition) is 3. The number of hydrogen-bond acceptors (Lipinski definition) is 4. The number of rotatable bonds is 4. The van der Waals surface area contributed by atoms with Crippen molar-refractivity contribution >= 4 is 35.0 Å². The van der Waals surface area contributed by atoms with Gasteiger partial charge in [0.1, 0.15) is 0 Å². The van der Waals surface area contributed by atoms with E-state index in [9.17, 15) is 4.79 Å². The quantitative estimate of drug-likeness (QED) is 0.252. The predicted molar refractivity (Wildman–Crippen MR) is 68.1 cm³/mol. The molecule has 0 bridgehead atoms. The Bertz CT molecular complexity index is 386. The molecule has 16 heavy (non-hydrogen) atoms. The molecule has 1 unspecified atom stereocenters. The Morgan fingerprint density at radius 1 is 1.62 bits per heavy atom. The highest BCUT2D eigenvalue weighted by Crippen LogP contribution is 2.28. The molecule has 0 aliphatic rings. The molecule has 1 atom stereocenters. The number of nitrogens with two attached hydrogens (primary N) is 2. The number of carbonyl (C=O) groups is 1. The molecule has 0 aromatic heterocycles. The Hall–Kier alpha value is -0.910. The number of nitrogens with one attached hydrogen (secondary N) is 1. The fourth-order valence-electron chi connectivity index (χ4n) is 1.08. The summed E-state index contributed by atoms with van der Waals surface area (Å²) in [6, 6.07) is 5.31. The molecule has 1 aromatic rings. The fraction of sp³-hybridized carbons (Fsp3) is 0.300. The van der Waals surface area contributed by atoms with E-state index in [-0.39, 0.29) is 11.8 Å². The first-order chi connectivity index (χ1) is 7.54. The van der Waals surface area contributed by atoms with Crippen LogP contribution in [0, 0.1) is 5.92 Å². The first-order valence-electron chi connectivity index (χ1n) is 4.73. The maximum absolute atomic E-state index is 11.2. The van der Waals surface area contributed by atoms with E-state index in [1.807, 2.05) is 6.07 Å². The fourth-order valence-corrected chi connectivity index (χ4v) is 2.23. The van der Waals surface area contributed by atoms with Gasteiger partial charge in [-0.05, 0) is 18.2 Å². The van der Waals surface area contributed by atoms with E-state index in [2.05, 4.69) is 5.43 Å². The summed E-state index contributed by atoms with van der Waals surface area (Å²) in [5, 5.41) is 0.606. The van der Waals surface area contributed by atoms with E-state index in [0.717, 1.165) is 4.90 Å². The lowest BCUT2D eigenvalue weighted by Crippen LogP contribution is -2.35. The van der Waals surface area contributed by atoms with E-state index in [0.29, 0.717) is 16.5 Å². The van der Waals surface area contributed by atoms with Gasteiger partial charge in [-0.1, -0.05) is 18.5 Å². The van der Waals surface area contributed by atoms with Gasteiger partial charge in [-0.2, -0.15) is 0 Å². The molecule has 1 rings (SSSR count). The Morgan fingerprint density at radius 3 is 2.88 bits per heavy atom. The zero-order valence-electron chi connectivity index (χ0n) is 8.87. The van der Waals surface area contributed by atoms with Crippen LogP contribution in [0.2, 0.25) is 5.02 Å². The summed E-state index contributed by atoms with van der Waals surface area (Å²) >= 11 is 7.29. The summed E-state index contributed by atoms with van der Waals surface area (Å²) in [7, 11) is 0. The second-order valence-corrected chi connectivity index (χ2v) is 4.90. The number of thioether (sulfide) groups is 1. The number of halogens is 1. The molecule has 88 valence electrons. The summed E-state index contributed by atoms with van der Waals surface area (Å²) in [4.78, 5) is 12.1. The van der Waals surface area contributed by atoms with Crippen LogP contribution in [0.15, 0.2) is 23.1 Å². The molecule has 4 nitrogen and oxygen atoms in total. The van der Waals surface area contributed by atoms with Crippen molar-refractivity contribution < 1.29 is 4.79 Å². The van der Waals surface area contributed by atoms with Gasteiger partial charge in [0, 0.05) is 27.3 Å². The molecule has 0 aliphatic heterocycles. The maximum atomic E-state index is 11.2. The standard InChI is InChI=1S/C10H14ClN3OS/c1-6(10(15)14-13)5-16-9-3-2-7(11)4-8(9)12/h2-4,6H,5,12-13H2,1H3,(H,14,15). The monoisotopic (exact) mass is 259 g/mol. The van der Waals surface area contributed by atoms with Crippen LogP contribution < -0.4 is 17.0 Å². The Kier molecular flexibility index (Phi) is 4.92. The minimum atomic E-state index is -0.181. The highest BCUT2D eigenvalue weighted by molar-refractivity contribution is 7.99. The highest BCUT2D eigenvalue weighted by atomic mass is 35.5. The summed E-state index contributed by atoms with van der Waals surface area (Å²) in [6.07, 6.45) is 0. The number of carbonyl (C=O) groups excluding carboxylic acids is 1. The maximum Gasteiger partial charge on any atom is 0.237 e. The normalized spacial score (nSPS) is 12.2. The van der Waals surface area contributed by atoms with Crippen LogP contribution >= 0.6 is 23.4 Å². The number of anilines is 1. The van der Waals surface area contributed by atoms with Gasteiger partial charge in [-0.3, -0.25) is 10.2 Å². The van der Waals surface area contributed by atoms with Crippen LogP contribution in [0.3, 0.4) is 0 Å². The molecule has 0 spiro atoms. The molecular weight excluding hydrogens is 246 g/mol. The van der Waals surface area contributed by atoms with Crippen molar-refractivity contribution in [3.63, 3.8) is 0 Å². The van der Waals surface area contributed by atoms with Gasteiger partial charge in [0.15, 0.2) is 0 Å². The van der Waals surface area contributed by atoms with Crippen LogP contribution in [-0.4, -0.2) is 11.7 Å². The molecule has 0 heterocycles. The molecule has 0 saturated carbocycles. The van der Waals surface area contributed by atoms with E-state index in [1.165, 1.54) is 11.8 Å². The molecule has 1 aromatic carbocycles. The molecule has 6 heteroatoms. The molecule has 0 saturated heterocycles. The molecule has 5 N–H and O–H groups in total. The minimum Gasteiger partial charge on any atom is -0.398 e. The van der Waals surface area contributed by atoms with Crippen LogP contribution in [0.5, 0.6) is 0 Å². The molecule has 0 fully saturated rings. The van der Waals surface area contributed by atoms with Gasteiger partial charge in [-0.15, -0.1) is 11.8 Å². The van der Waals surface area contributed by atoms with Gasteiger partial charge >= 0.3 is 0 Å². The SMILES string of the molecule is CC(CSc1ccc(Cl)cc1N)C(=O)NN. The van der Waals surface area contributed by atoms with E-state index in [4.69, 9.17) is 23.2 Å². The third-order valence-electron chi connectivity index (χ3n) is 2.05. The molecule has 0 aliphatic carbocycles. The van der Waals surface area contributed by atoms with Crippen molar-refractivity contribution in [2.24, 2.45) is 11.8 Å². The summed E-state index contributed by atoms with van der Waals surface area (Å²) in [5.74, 6) is 5.32. The van der Waals surface area contributed by atoms with Crippen LogP contribution in [0.4, 0.5) is 5.69 Å². The van der Waals surface area contributed by atoms with Gasteiger partial charge < -0.3 is 5.73 Å². The highest BCUT2D eigenvalue weighted by Gasteiger charge is 2.12. The van der Waals surface area contributed by atoms with Crippen molar-refractivity contribution in [3.05, 3.63) is 23.2 Å². The summed E-state index contributed by atoms with van der Waals surface area (Å²) < 4.78 is 0. The predicted octanol–water partition coefficient (Wildman–Crippen LogP) is 1.64. The van der Waals surface area contributed by atoms with Crippen molar-refractivity contribution in [3.8, 4) is 0 Å². The van der Waals surface area contributed by atoms with Gasteiger partial charge in [0.05, 0.1) is 0 Å². The Morgan fingerprint density at radius 2 is 2.31 bits per heavy atom. The number of hydrazine groups is 1. The van der Waals surface area contributed by atoms with Crippen molar-refractivity contribution in [2.45, 2.75) is 11.8 Å². The van der Waals surface area contributed by atoms with E-state index >= 15 is 0 Å².